The van der Waals surface area contributed by atoms with E-state index in [1.807, 2.05) is 24.3 Å². The zero-order valence-electron chi connectivity index (χ0n) is 29.2. The zero-order valence-corrected chi connectivity index (χ0v) is 29.2. The molecule has 0 radical (unpaired) electrons. The maximum absolute atomic E-state index is 6.53. The molecule has 0 bridgehead atoms. The second-order valence-corrected chi connectivity index (χ2v) is 15.0. The molecule has 0 atom stereocenters. The minimum atomic E-state index is -0.561. The quantitative estimate of drug-likeness (QED) is 0.177. The first kappa shape index (κ1) is 32.1. The van der Waals surface area contributed by atoms with Gasteiger partial charge < -0.3 is 20.9 Å². The van der Waals surface area contributed by atoms with Gasteiger partial charge in [-0.1, -0.05) is 139 Å². The highest BCUT2D eigenvalue weighted by Crippen LogP contribution is 2.56. The molecule has 7 rings (SSSR count). The smallest absolute Gasteiger partial charge is 0.154 e. The van der Waals surface area contributed by atoms with E-state index in [0.717, 1.165) is 33.8 Å². The Morgan fingerprint density at radius 1 is 0.429 bits per heavy atom. The number of nitrogens with two attached hydrogens (primary N) is 2. The van der Waals surface area contributed by atoms with Gasteiger partial charge in [0.2, 0.25) is 0 Å². The van der Waals surface area contributed by atoms with Crippen LogP contribution in [0.2, 0.25) is 0 Å². The van der Waals surface area contributed by atoms with Crippen LogP contribution in [0.3, 0.4) is 0 Å². The summed E-state index contributed by atoms with van der Waals surface area (Å²) in [5.41, 5.74) is 22.7. The van der Waals surface area contributed by atoms with Crippen molar-refractivity contribution in [2.24, 2.45) is 0 Å². The van der Waals surface area contributed by atoms with Gasteiger partial charge >= 0.3 is 0 Å². The SMILES string of the molecule is CC(C)(C)c1cccc(N)c1Oc1ccc(C2(c3ccc(Oc4c(N)cccc4C(C)(C)C)cc3)c3ccccc3-c3ccccc32)cc1. The van der Waals surface area contributed by atoms with Gasteiger partial charge in [-0.3, -0.25) is 0 Å². The number of rotatable bonds is 6. The molecule has 246 valence electrons. The molecule has 0 fully saturated rings. The van der Waals surface area contributed by atoms with Crippen LogP contribution in [0, 0.1) is 0 Å². The van der Waals surface area contributed by atoms with Gasteiger partial charge in [0, 0.05) is 11.1 Å². The number of hydrogen-bond donors (Lipinski definition) is 2. The average molecular weight is 645 g/mol. The second kappa shape index (κ2) is 11.9. The molecule has 49 heavy (non-hydrogen) atoms. The maximum atomic E-state index is 6.53. The highest BCUT2D eigenvalue weighted by molar-refractivity contribution is 5.86. The summed E-state index contributed by atoms with van der Waals surface area (Å²) < 4.78 is 13.1. The molecule has 0 saturated heterocycles. The second-order valence-electron chi connectivity index (χ2n) is 15.0. The van der Waals surface area contributed by atoms with E-state index in [1.165, 1.54) is 22.3 Å². The fourth-order valence-electron chi connectivity index (χ4n) is 7.32. The van der Waals surface area contributed by atoms with Crippen LogP contribution in [-0.4, -0.2) is 0 Å². The number of anilines is 2. The van der Waals surface area contributed by atoms with Crippen molar-refractivity contribution in [3.05, 3.63) is 167 Å². The minimum Gasteiger partial charge on any atom is -0.455 e. The summed E-state index contributed by atoms with van der Waals surface area (Å²) in [5, 5.41) is 0. The monoisotopic (exact) mass is 644 g/mol. The largest absolute Gasteiger partial charge is 0.455 e. The van der Waals surface area contributed by atoms with Gasteiger partial charge in [-0.05, 0) is 80.6 Å². The maximum Gasteiger partial charge on any atom is 0.154 e. The Morgan fingerprint density at radius 3 is 1.16 bits per heavy atom. The lowest BCUT2D eigenvalue weighted by molar-refractivity contribution is 0.457. The van der Waals surface area contributed by atoms with E-state index in [-0.39, 0.29) is 10.8 Å². The summed E-state index contributed by atoms with van der Waals surface area (Å²) in [7, 11) is 0. The average Bonchev–Trinajstić information content (AvgIpc) is 3.37. The van der Waals surface area contributed by atoms with E-state index in [0.29, 0.717) is 22.9 Å². The van der Waals surface area contributed by atoms with Crippen molar-refractivity contribution in [3.63, 3.8) is 0 Å². The van der Waals surface area contributed by atoms with E-state index in [2.05, 4.69) is 151 Å². The van der Waals surface area contributed by atoms with Crippen molar-refractivity contribution in [3.8, 4) is 34.1 Å². The van der Waals surface area contributed by atoms with Crippen LogP contribution in [0.5, 0.6) is 23.0 Å². The first-order valence-corrected chi connectivity index (χ1v) is 16.9. The van der Waals surface area contributed by atoms with E-state index in [1.54, 1.807) is 0 Å². The van der Waals surface area contributed by atoms with Gasteiger partial charge in [0.05, 0.1) is 16.8 Å². The van der Waals surface area contributed by atoms with Gasteiger partial charge in [0.15, 0.2) is 11.5 Å². The molecule has 4 N–H and O–H groups in total. The van der Waals surface area contributed by atoms with Crippen molar-refractivity contribution in [1.29, 1.82) is 0 Å². The van der Waals surface area contributed by atoms with E-state index in [4.69, 9.17) is 20.9 Å². The lowest BCUT2D eigenvalue weighted by Gasteiger charge is -2.34. The summed E-state index contributed by atoms with van der Waals surface area (Å²) in [5.74, 6) is 2.89. The van der Waals surface area contributed by atoms with Crippen molar-refractivity contribution in [2.45, 2.75) is 57.8 Å². The molecule has 4 heteroatoms. The molecule has 0 aromatic heterocycles. The van der Waals surface area contributed by atoms with Crippen molar-refractivity contribution < 1.29 is 9.47 Å². The molecule has 0 amide bonds. The number of hydrogen-bond acceptors (Lipinski definition) is 4. The minimum absolute atomic E-state index is 0.123. The molecule has 4 nitrogen and oxygen atoms in total. The highest BCUT2D eigenvalue weighted by Gasteiger charge is 2.46. The van der Waals surface area contributed by atoms with Crippen LogP contribution >= 0.6 is 0 Å². The van der Waals surface area contributed by atoms with Crippen molar-refractivity contribution >= 4 is 11.4 Å². The summed E-state index contributed by atoms with van der Waals surface area (Å²) in [6, 6.07) is 46.4. The summed E-state index contributed by atoms with van der Waals surface area (Å²) in [4.78, 5) is 0. The third-order valence-corrected chi connectivity index (χ3v) is 9.67. The molecule has 0 spiro atoms. The lowest BCUT2D eigenvalue weighted by Crippen LogP contribution is -2.28. The third kappa shape index (κ3) is 5.51. The van der Waals surface area contributed by atoms with Gasteiger partial charge in [-0.25, -0.2) is 0 Å². The fraction of sp³-hybridized carbons (Fsp3) is 0.200. The first-order chi connectivity index (χ1) is 23.4. The molecule has 0 unspecified atom stereocenters. The van der Waals surface area contributed by atoms with Crippen LogP contribution in [0.1, 0.15) is 74.9 Å². The van der Waals surface area contributed by atoms with Gasteiger partial charge in [-0.15, -0.1) is 0 Å². The Labute approximate surface area is 290 Å². The summed E-state index contributed by atoms with van der Waals surface area (Å²) in [6.45, 7) is 13.0. The Bertz CT molecular complexity index is 1990. The predicted octanol–water partition coefficient (Wildman–Crippen LogP) is 11.4. The fourth-order valence-corrected chi connectivity index (χ4v) is 7.32. The van der Waals surface area contributed by atoms with Gasteiger partial charge in [0.1, 0.15) is 11.5 Å². The number of ether oxygens (including phenoxy) is 2. The van der Waals surface area contributed by atoms with Crippen LogP contribution in [0.25, 0.3) is 11.1 Å². The Hall–Kier alpha value is -5.48. The summed E-state index contributed by atoms with van der Waals surface area (Å²) in [6.07, 6.45) is 0. The highest BCUT2D eigenvalue weighted by atomic mass is 16.5. The number of benzene rings is 6. The predicted molar refractivity (Wildman–Crippen MR) is 203 cm³/mol. The Balaban J connectivity index is 1.34. The molecule has 0 saturated carbocycles. The Kier molecular flexibility index (Phi) is 7.79. The molecule has 1 aliphatic carbocycles. The number of nitrogen functional groups attached to an aromatic ring is 2. The van der Waals surface area contributed by atoms with Crippen LogP contribution < -0.4 is 20.9 Å². The third-order valence-electron chi connectivity index (χ3n) is 9.67. The van der Waals surface area contributed by atoms with E-state index >= 15 is 0 Å². The normalized spacial score (nSPS) is 13.4. The van der Waals surface area contributed by atoms with Crippen LogP contribution in [-0.2, 0) is 16.2 Å². The molecule has 0 heterocycles. The standard InChI is InChI=1S/C45H44N2O2/c1-43(2,3)37-17-11-19-39(46)41(37)48-31-25-21-29(22-26-31)45(35-15-9-7-13-33(35)34-14-8-10-16-36(34)45)30-23-27-32(28-24-30)49-42-38(44(4,5)6)18-12-20-40(42)47/h7-28H,46-47H2,1-6H3. The van der Waals surface area contributed by atoms with Gasteiger partial charge in [-0.2, -0.15) is 0 Å². The molecule has 6 aromatic carbocycles. The van der Waals surface area contributed by atoms with E-state index in [9.17, 15) is 0 Å². The topological polar surface area (TPSA) is 70.5 Å². The van der Waals surface area contributed by atoms with Crippen LogP contribution in [0.15, 0.2) is 133 Å². The molecule has 0 aliphatic heterocycles. The molecular formula is C45H44N2O2. The zero-order chi connectivity index (χ0) is 34.6. The number of fused-ring (bicyclic) bond motifs is 3. The van der Waals surface area contributed by atoms with Crippen molar-refractivity contribution in [2.75, 3.05) is 11.5 Å². The van der Waals surface area contributed by atoms with E-state index < -0.39 is 5.41 Å². The summed E-state index contributed by atoms with van der Waals surface area (Å²) >= 11 is 0. The molecular weight excluding hydrogens is 601 g/mol. The Morgan fingerprint density at radius 2 is 0.796 bits per heavy atom. The van der Waals surface area contributed by atoms with Crippen LogP contribution in [0.4, 0.5) is 11.4 Å². The molecule has 1 aliphatic rings. The van der Waals surface area contributed by atoms with Gasteiger partial charge in [0.25, 0.3) is 0 Å². The molecule has 6 aromatic rings. The lowest BCUT2D eigenvalue weighted by atomic mass is 9.68. The van der Waals surface area contributed by atoms with Crippen molar-refractivity contribution in [1.82, 2.24) is 0 Å². The first-order valence-electron chi connectivity index (χ1n) is 16.9. The number of para-hydroxylation sites is 2.